The van der Waals surface area contributed by atoms with Crippen molar-refractivity contribution in [2.24, 2.45) is 10.8 Å². The normalized spacial score (nSPS) is 13.1. The molecule has 0 radical (unpaired) electrons. The molecule has 0 amide bonds. The molecule has 3 N–H and O–H groups in total. The molecule has 0 aliphatic heterocycles. The highest BCUT2D eigenvalue weighted by Gasteiger charge is 2.37. The minimum absolute atomic E-state index is 0.246. The zero-order valence-electron chi connectivity index (χ0n) is 28.1. The predicted octanol–water partition coefficient (Wildman–Crippen LogP) is 10.4. The minimum Gasteiger partial charge on any atom is -0.308 e. The van der Waals surface area contributed by atoms with E-state index in [1.54, 1.807) is 0 Å². The maximum Gasteiger partial charge on any atom is 0.144 e. The van der Waals surface area contributed by atoms with Gasteiger partial charge in [-0.2, -0.15) is 5.26 Å². The Kier molecular flexibility index (Phi) is 7.84. The largest absolute Gasteiger partial charge is 0.308 e. The van der Waals surface area contributed by atoms with Gasteiger partial charge in [-0.25, -0.2) is 5.84 Å². The van der Waals surface area contributed by atoms with Crippen LogP contribution in [0, 0.1) is 11.3 Å². The van der Waals surface area contributed by atoms with Crippen molar-refractivity contribution in [3.63, 3.8) is 0 Å². The Labute approximate surface area is 293 Å². The Balaban J connectivity index is 1.23. The molecule has 0 fully saturated rings. The fourth-order valence-electron chi connectivity index (χ4n) is 7.69. The molecule has 8 rings (SSSR count). The molecule has 4 nitrogen and oxygen atoms in total. The molecule has 0 unspecified atom stereocenters. The van der Waals surface area contributed by atoms with Gasteiger partial charge in [-0.1, -0.05) is 153 Å². The molecule has 0 saturated heterocycles. The predicted molar refractivity (Wildman–Crippen MR) is 206 cm³/mol. The van der Waals surface area contributed by atoms with Gasteiger partial charge >= 0.3 is 0 Å². The van der Waals surface area contributed by atoms with Gasteiger partial charge in [0.05, 0.1) is 11.6 Å². The number of fused-ring (bicyclic) bond motifs is 4. The molecule has 4 heteroatoms. The lowest BCUT2D eigenvalue weighted by Gasteiger charge is -2.23. The number of benzene rings is 7. The molecule has 0 saturated carbocycles. The average Bonchev–Trinajstić information content (AvgIpc) is 3.41. The molecular formula is C46H36N4. The van der Waals surface area contributed by atoms with Crippen molar-refractivity contribution in [3.8, 4) is 39.4 Å². The third-order valence-corrected chi connectivity index (χ3v) is 10.1. The standard InChI is InChI=1S/C46H36N4/c1-46(2)41-28-35(25-26-38(41)39-19-11-17-36(29-47)43(39)46)30-20-22-32(23-21-30)42-37-18-10-9-12-31(37)24-27-40(42)45(50-48)49-44(33-13-5-3-6-14-33)34-15-7-4-8-16-34/h3-28,44H,48H2,1-2H3,(H,49,50). The number of hydrogen-bond acceptors (Lipinski definition) is 3. The number of nitriles is 1. The first-order valence-corrected chi connectivity index (χ1v) is 16.9. The van der Waals surface area contributed by atoms with Crippen molar-refractivity contribution in [2.75, 3.05) is 0 Å². The van der Waals surface area contributed by atoms with Gasteiger partial charge in [-0.05, 0) is 79.0 Å². The Morgan fingerprint density at radius 1 is 0.660 bits per heavy atom. The molecular weight excluding hydrogens is 609 g/mol. The molecule has 0 spiro atoms. The van der Waals surface area contributed by atoms with Gasteiger partial charge in [-0.15, -0.1) is 0 Å². The van der Waals surface area contributed by atoms with Crippen LogP contribution >= 0.6 is 0 Å². The van der Waals surface area contributed by atoms with E-state index in [2.05, 4.69) is 135 Å². The number of hydrazine groups is 1. The van der Waals surface area contributed by atoms with Gasteiger partial charge in [0.15, 0.2) is 0 Å². The van der Waals surface area contributed by atoms with Crippen LogP contribution < -0.4 is 11.3 Å². The smallest absolute Gasteiger partial charge is 0.144 e. The van der Waals surface area contributed by atoms with E-state index in [4.69, 9.17) is 10.8 Å². The molecule has 50 heavy (non-hydrogen) atoms. The molecule has 0 atom stereocenters. The summed E-state index contributed by atoms with van der Waals surface area (Å²) in [5.74, 6) is 6.93. The number of nitrogens with zero attached hydrogens (tertiary/aromatic N) is 2. The second kappa shape index (κ2) is 12.6. The third kappa shape index (κ3) is 5.26. The van der Waals surface area contributed by atoms with Crippen LogP contribution in [-0.4, -0.2) is 5.84 Å². The first-order valence-electron chi connectivity index (χ1n) is 16.9. The van der Waals surface area contributed by atoms with Crippen LogP contribution in [-0.2, 0) is 5.41 Å². The van der Waals surface area contributed by atoms with E-state index in [0.29, 0.717) is 5.84 Å². The second-order valence-corrected chi connectivity index (χ2v) is 13.4. The van der Waals surface area contributed by atoms with E-state index in [0.717, 1.165) is 66.4 Å². The van der Waals surface area contributed by atoms with Crippen molar-refractivity contribution >= 4 is 16.6 Å². The Morgan fingerprint density at radius 3 is 1.98 bits per heavy atom. The maximum absolute atomic E-state index is 9.88. The maximum atomic E-state index is 9.88. The van der Waals surface area contributed by atoms with E-state index >= 15 is 0 Å². The molecule has 0 bridgehead atoms. The molecule has 0 aromatic heterocycles. The summed E-state index contributed by atoms with van der Waals surface area (Å²) in [6.45, 7) is 4.44. The number of nitrogens with one attached hydrogen (secondary N) is 1. The summed E-state index contributed by atoms with van der Waals surface area (Å²) in [5, 5.41) is 12.2. The van der Waals surface area contributed by atoms with Gasteiger partial charge in [0, 0.05) is 16.5 Å². The van der Waals surface area contributed by atoms with Crippen molar-refractivity contribution in [2.45, 2.75) is 25.3 Å². The first kappa shape index (κ1) is 31.0. The topological polar surface area (TPSA) is 74.2 Å². The highest BCUT2D eigenvalue weighted by atomic mass is 15.3. The number of hydrogen-bond donors (Lipinski definition) is 2. The Morgan fingerprint density at radius 2 is 1.30 bits per heavy atom. The van der Waals surface area contributed by atoms with Gasteiger partial charge < -0.3 is 5.43 Å². The van der Waals surface area contributed by atoms with Crippen LogP contribution in [0.15, 0.2) is 163 Å². The van der Waals surface area contributed by atoms with Crippen LogP contribution in [0.5, 0.6) is 0 Å². The Bertz CT molecular complexity index is 2400. The first-order chi connectivity index (χ1) is 24.5. The van der Waals surface area contributed by atoms with Crippen molar-refractivity contribution in [1.29, 1.82) is 5.26 Å². The molecule has 7 aromatic rings. The molecule has 7 aromatic carbocycles. The fourth-order valence-corrected chi connectivity index (χ4v) is 7.69. The minimum atomic E-state index is -0.271. The fraction of sp³-hybridized carbons (Fsp3) is 0.0870. The van der Waals surface area contributed by atoms with Gasteiger partial charge in [-0.3, -0.25) is 4.99 Å². The summed E-state index contributed by atoms with van der Waals surface area (Å²) in [5.41, 5.74) is 15.7. The lowest BCUT2D eigenvalue weighted by molar-refractivity contribution is 0.658. The van der Waals surface area contributed by atoms with Crippen LogP contribution in [0.3, 0.4) is 0 Å². The molecule has 0 heterocycles. The van der Waals surface area contributed by atoms with Gasteiger partial charge in [0.25, 0.3) is 0 Å². The zero-order valence-corrected chi connectivity index (χ0v) is 28.1. The lowest BCUT2D eigenvalue weighted by Crippen LogP contribution is -2.32. The van der Waals surface area contributed by atoms with Crippen LogP contribution in [0.2, 0.25) is 0 Å². The number of aliphatic imine (C=N–C) groups is 1. The van der Waals surface area contributed by atoms with Gasteiger partial charge in [0.1, 0.15) is 11.9 Å². The molecule has 240 valence electrons. The quantitative estimate of drug-likeness (QED) is 0.0819. The summed E-state index contributed by atoms with van der Waals surface area (Å²) in [7, 11) is 0. The number of rotatable bonds is 6. The number of nitrogens with two attached hydrogens (primary N) is 1. The zero-order chi connectivity index (χ0) is 34.2. The number of amidine groups is 1. The van der Waals surface area contributed by atoms with Crippen molar-refractivity contribution in [3.05, 3.63) is 191 Å². The second-order valence-electron chi connectivity index (χ2n) is 13.4. The van der Waals surface area contributed by atoms with E-state index in [1.807, 2.05) is 48.5 Å². The third-order valence-electron chi connectivity index (χ3n) is 10.1. The highest BCUT2D eigenvalue weighted by Crippen LogP contribution is 2.51. The van der Waals surface area contributed by atoms with Crippen LogP contribution in [0.4, 0.5) is 0 Å². The van der Waals surface area contributed by atoms with E-state index in [1.165, 1.54) is 11.1 Å². The molecule has 1 aliphatic carbocycles. The lowest BCUT2D eigenvalue weighted by atomic mass is 9.79. The van der Waals surface area contributed by atoms with Crippen LogP contribution in [0.25, 0.3) is 44.2 Å². The summed E-state index contributed by atoms with van der Waals surface area (Å²) in [4.78, 5) is 5.30. The van der Waals surface area contributed by atoms with Crippen LogP contribution in [0.1, 0.15) is 53.3 Å². The van der Waals surface area contributed by atoms with Crippen molar-refractivity contribution in [1.82, 2.24) is 5.43 Å². The Hall–Kier alpha value is -6.28. The van der Waals surface area contributed by atoms with Gasteiger partial charge in [0.2, 0.25) is 0 Å². The molecule has 1 aliphatic rings. The summed E-state index contributed by atoms with van der Waals surface area (Å²) in [6.07, 6.45) is 0. The highest BCUT2D eigenvalue weighted by molar-refractivity contribution is 6.12. The van der Waals surface area contributed by atoms with E-state index in [9.17, 15) is 5.26 Å². The van der Waals surface area contributed by atoms with Crippen molar-refractivity contribution < 1.29 is 0 Å². The summed E-state index contributed by atoms with van der Waals surface area (Å²) >= 11 is 0. The monoisotopic (exact) mass is 644 g/mol. The van der Waals surface area contributed by atoms with E-state index in [-0.39, 0.29) is 11.5 Å². The summed E-state index contributed by atoms with van der Waals surface area (Å²) < 4.78 is 0. The van der Waals surface area contributed by atoms with E-state index < -0.39 is 0 Å². The summed E-state index contributed by atoms with van der Waals surface area (Å²) in [6, 6.07) is 57.1. The average molecular weight is 645 g/mol. The SMILES string of the molecule is CC1(C)c2cc(-c3ccc(-c4c(/C(=N/C(c5ccccc5)c5ccccc5)NN)ccc5ccccc45)cc3)ccc2-c2cccc(C#N)c21.